The Morgan fingerprint density at radius 2 is 1.81 bits per heavy atom. The topological polar surface area (TPSA) is 58.1 Å². The smallest absolute Gasteiger partial charge is 0.191 e. The van der Waals surface area contributed by atoms with Gasteiger partial charge in [0.05, 0.1) is 13.2 Å². The highest BCUT2D eigenvalue weighted by Crippen LogP contribution is 2.34. The van der Waals surface area contributed by atoms with Gasteiger partial charge in [-0.15, -0.1) is 24.0 Å². The zero-order valence-corrected chi connectivity index (χ0v) is 21.4. The Morgan fingerprint density at radius 1 is 1.13 bits per heavy atom. The Labute approximate surface area is 203 Å². The van der Waals surface area contributed by atoms with Crippen molar-refractivity contribution >= 4 is 29.9 Å². The maximum Gasteiger partial charge on any atom is 0.191 e. The number of rotatable bonds is 7. The van der Waals surface area contributed by atoms with Gasteiger partial charge in [0, 0.05) is 57.9 Å². The van der Waals surface area contributed by atoms with Crippen molar-refractivity contribution in [2.45, 2.75) is 38.1 Å². The van der Waals surface area contributed by atoms with E-state index in [0.29, 0.717) is 31.7 Å². The first-order valence-electron chi connectivity index (χ1n) is 11.1. The molecule has 1 aromatic carbocycles. The number of hydrogen-bond acceptors (Lipinski definition) is 4. The Balaban J connectivity index is 0.00000341. The van der Waals surface area contributed by atoms with E-state index in [9.17, 15) is 4.39 Å². The summed E-state index contributed by atoms with van der Waals surface area (Å²) >= 11 is 0. The van der Waals surface area contributed by atoms with E-state index in [0.717, 1.165) is 57.2 Å². The van der Waals surface area contributed by atoms with E-state index in [1.54, 1.807) is 19.2 Å². The normalized spacial score (nSPS) is 20.7. The van der Waals surface area contributed by atoms with Crippen LogP contribution in [-0.2, 0) is 14.9 Å². The second-order valence-electron chi connectivity index (χ2n) is 8.67. The maximum atomic E-state index is 13.9. The number of nitrogens with one attached hydrogen (secondary N) is 2. The maximum absolute atomic E-state index is 13.9. The second kappa shape index (κ2) is 12.9. The van der Waals surface area contributed by atoms with Crippen LogP contribution in [0.3, 0.4) is 0 Å². The van der Waals surface area contributed by atoms with E-state index in [4.69, 9.17) is 9.47 Å². The number of halogens is 2. The molecule has 1 atom stereocenters. The molecule has 1 aromatic rings. The number of guanidine groups is 1. The van der Waals surface area contributed by atoms with Crippen LogP contribution in [0.5, 0.6) is 0 Å². The second-order valence-corrected chi connectivity index (χ2v) is 8.67. The molecule has 0 amide bonds. The first kappa shape index (κ1) is 26.3. The minimum atomic E-state index is -0.189. The van der Waals surface area contributed by atoms with Crippen molar-refractivity contribution in [3.63, 3.8) is 0 Å². The van der Waals surface area contributed by atoms with E-state index in [1.165, 1.54) is 6.07 Å². The molecular weight excluding hydrogens is 510 g/mol. The van der Waals surface area contributed by atoms with Crippen LogP contribution in [0, 0.1) is 11.7 Å². The molecule has 2 N–H and O–H groups in total. The third kappa shape index (κ3) is 7.27. The molecule has 0 radical (unpaired) electrons. The van der Waals surface area contributed by atoms with E-state index in [-0.39, 0.29) is 35.2 Å². The molecule has 2 aliphatic rings. The highest BCUT2D eigenvalue weighted by atomic mass is 127. The summed E-state index contributed by atoms with van der Waals surface area (Å²) in [6, 6.07) is 7.41. The summed E-state index contributed by atoms with van der Waals surface area (Å²) in [5.41, 5.74) is 0.877. The van der Waals surface area contributed by atoms with E-state index in [2.05, 4.69) is 34.4 Å². The SMILES string of the molecule is CN=C(NCC(C(C)C)N1CCOCC1)NCC1(c2cccc(F)c2)CCOCC1.I. The van der Waals surface area contributed by atoms with Crippen LogP contribution in [0.15, 0.2) is 29.3 Å². The van der Waals surface area contributed by atoms with E-state index in [1.807, 2.05) is 6.07 Å². The lowest BCUT2D eigenvalue weighted by Gasteiger charge is -2.39. The third-order valence-corrected chi connectivity index (χ3v) is 6.47. The minimum Gasteiger partial charge on any atom is -0.381 e. The van der Waals surface area contributed by atoms with Gasteiger partial charge >= 0.3 is 0 Å². The lowest BCUT2D eigenvalue weighted by molar-refractivity contribution is 0.00750. The van der Waals surface area contributed by atoms with Crippen LogP contribution >= 0.6 is 24.0 Å². The molecular formula is C23H38FIN4O2. The van der Waals surface area contributed by atoms with Crippen molar-refractivity contribution in [1.82, 2.24) is 15.5 Å². The predicted octanol–water partition coefficient (Wildman–Crippen LogP) is 3.01. The number of aliphatic imine (C=N–C) groups is 1. The molecule has 0 bridgehead atoms. The number of benzene rings is 1. The first-order valence-corrected chi connectivity index (χ1v) is 11.1. The van der Waals surface area contributed by atoms with E-state index >= 15 is 0 Å². The summed E-state index contributed by atoms with van der Waals surface area (Å²) < 4.78 is 25.0. The van der Waals surface area contributed by atoms with Gasteiger partial charge in [-0.05, 0) is 36.5 Å². The monoisotopic (exact) mass is 548 g/mol. The van der Waals surface area contributed by atoms with Crippen molar-refractivity contribution in [1.29, 1.82) is 0 Å². The standard InChI is InChI=1S/C23H37FN4O2.HI/c1-18(2)21(28-9-13-30-14-10-28)16-26-22(25-3)27-17-23(7-11-29-12-8-23)19-5-4-6-20(24)15-19;/h4-6,15,18,21H,7-14,16-17H2,1-3H3,(H2,25,26,27);1H. The molecule has 0 spiro atoms. The van der Waals surface area contributed by atoms with Crippen LogP contribution in [0.25, 0.3) is 0 Å². The molecule has 6 nitrogen and oxygen atoms in total. The van der Waals surface area contributed by atoms with Gasteiger partial charge in [0.1, 0.15) is 5.82 Å². The minimum absolute atomic E-state index is 0. The largest absolute Gasteiger partial charge is 0.381 e. The fraction of sp³-hybridized carbons (Fsp3) is 0.696. The molecule has 2 fully saturated rings. The van der Waals surface area contributed by atoms with Crippen LogP contribution in [0.1, 0.15) is 32.3 Å². The van der Waals surface area contributed by atoms with Gasteiger partial charge in [0.2, 0.25) is 0 Å². The van der Waals surface area contributed by atoms with Crippen LogP contribution in [0.2, 0.25) is 0 Å². The van der Waals surface area contributed by atoms with Gasteiger partial charge in [0.15, 0.2) is 5.96 Å². The van der Waals surface area contributed by atoms with Crippen molar-refractivity contribution in [2.24, 2.45) is 10.9 Å². The van der Waals surface area contributed by atoms with Gasteiger partial charge in [-0.2, -0.15) is 0 Å². The van der Waals surface area contributed by atoms with Crippen molar-refractivity contribution < 1.29 is 13.9 Å². The highest BCUT2D eigenvalue weighted by Gasteiger charge is 2.35. The summed E-state index contributed by atoms with van der Waals surface area (Å²) in [6.45, 7) is 11.0. The summed E-state index contributed by atoms with van der Waals surface area (Å²) in [5.74, 6) is 1.13. The Bertz CT molecular complexity index is 692. The van der Waals surface area contributed by atoms with Gasteiger partial charge < -0.3 is 20.1 Å². The molecule has 3 rings (SSSR count). The van der Waals surface area contributed by atoms with Gasteiger partial charge in [-0.25, -0.2) is 4.39 Å². The molecule has 1 unspecified atom stereocenters. The summed E-state index contributed by atoms with van der Waals surface area (Å²) in [6.07, 6.45) is 1.73. The molecule has 0 aliphatic carbocycles. The summed E-state index contributed by atoms with van der Waals surface area (Å²) in [4.78, 5) is 6.94. The number of nitrogens with zero attached hydrogens (tertiary/aromatic N) is 2. The van der Waals surface area contributed by atoms with E-state index < -0.39 is 0 Å². The number of hydrogen-bond donors (Lipinski definition) is 2. The van der Waals surface area contributed by atoms with Crippen molar-refractivity contribution in [3.05, 3.63) is 35.6 Å². The average molecular weight is 548 g/mol. The fourth-order valence-corrected chi connectivity index (χ4v) is 4.52. The zero-order chi connectivity index (χ0) is 21.4. The zero-order valence-electron chi connectivity index (χ0n) is 19.0. The van der Waals surface area contributed by atoms with Crippen LogP contribution in [-0.4, -0.2) is 76.6 Å². The molecule has 176 valence electrons. The van der Waals surface area contributed by atoms with Gasteiger partial charge in [-0.3, -0.25) is 9.89 Å². The van der Waals surface area contributed by atoms with Gasteiger partial charge in [0.25, 0.3) is 0 Å². The Hall–Kier alpha value is -0.970. The Kier molecular flexibility index (Phi) is 10.9. The molecule has 8 heteroatoms. The number of morpholine rings is 1. The fourth-order valence-electron chi connectivity index (χ4n) is 4.52. The summed E-state index contributed by atoms with van der Waals surface area (Å²) in [5, 5.41) is 7.03. The van der Waals surface area contributed by atoms with Crippen molar-refractivity contribution in [3.8, 4) is 0 Å². The Morgan fingerprint density at radius 3 is 2.42 bits per heavy atom. The van der Waals surface area contributed by atoms with Crippen LogP contribution < -0.4 is 10.6 Å². The molecule has 2 saturated heterocycles. The van der Waals surface area contributed by atoms with Crippen molar-refractivity contribution in [2.75, 3.05) is 59.7 Å². The predicted molar refractivity (Wildman–Crippen MR) is 134 cm³/mol. The molecule has 0 saturated carbocycles. The molecule has 31 heavy (non-hydrogen) atoms. The molecule has 2 heterocycles. The summed E-state index contributed by atoms with van der Waals surface area (Å²) in [7, 11) is 1.80. The average Bonchev–Trinajstić information content (AvgIpc) is 2.77. The number of ether oxygens (including phenoxy) is 2. The lowest BCUT2D eigenvalue weighted by Crippen LogP contribution is -2.54. The highest BCUT2D eigenvalue weighted by molar-refractivity contribution is 14.0. The van der Waals surface area contributed by atoms with Gasteiger partial charge in [-0.1, -0.05) is 26.0 Å². The quantitative estimate of drug-likeness (QED) is 0.312. The van der Waals surface area contributed by atoms with Crippen LogP contribution in [0.4, 0.5) is 4.39 Å². The first-order chi connectivity index (χ1) is 14.5. The molecule has 2 aliphatic heterocycles. The lowest BCUT2D eigenvalue weighted by atomic mass is 9.74. The molecule has 0 aromatic heterocycles. The third-order valence-electron chi connectivity index (χ3n) is 6.47.